The van der Waals surface area contributed by atoms with Crippen LogP contribution >= 0.6 is 11.3 Å². The van der Waals surface area contributed by atoms with Crippen LogP contribution < -0.4 is 10.6 Å². The van der Waals surface area contributed by atoms with Gasteiger partial charge in [-0.15, -0.1) is 11.3 Å². The maximum atomic E-state index is 12.7. The third kappa shape index (κ3) is 3.75. The van der Waals surface area contributed by atoms with Crippen LogP contribution in [0.4, 0.5) is 11.4 Å². The van der Waals surface area contributed by atoms with Crippen molar-refractivity contribution in [3.8, 4) is 0 Å². The van der Waals surface area contributed by atoms with Crippen LogP contribution in [-0.4, -0.2) is 29.3 Å². The molecular weight excluding hydrogens is 346 g/mol. The van der Waals surface area contributed by atoms with E-state index in [4.69, 9.17) is 0 Å². The van der Waals surface area contributed by atoms with Crippen LogP contribution in [0, 0.1) is 5.92 Å². The van der Waals surface area contributed by atoms with E-state index < -0.39 is 0 Å². The molecule has 2 amide bonds. The van der Waals surface area contributed by atoms with Crippen molar-refractivity contribution in [2.24, 2.45) is 5.92 Å². The molecule has 1 saturated carbocycles. The van der Waals surface area contributed by atoms with Crippen LogP contribution in [0.5, 0.6) is 0 Å². The summed E-state index contributed by atoms with van der Waals surface area (Å²) in [7, 11) is 0. The van der Waals surface area contributed by atoms with Crippen LogP contribution in [0.15, 0.2) is 35.7 Å². The van der Waals surface area contributed by atoms with Gasteiger partial charge in [-0.25, -0.2) is 0 Å². The summed E-state index contributed by atoms with van der Waals surface area (Å²) in [6, 6.07) is 9.38. The number of nitrogens with zero attached hydrogens (tertiary/aromatic N) is 1. The van der Waals surface area contributed by atoms with Crippen LogP contribution in [-0.2, 0) is 22.6 Å². The lowest BCUT2D eigenvalue weighted by Gasteiger charge is -2.30. The number of fused-ring (bicyclic) bond motifs is 1. The molecule has 0 saturated heterocycles. The number of anilines is 2. The summed E-state index contributed by atoms with van der Waals surface area (Å²) in [5, 5.41) is 8.30. The van der Waals surface area contributed by atoms with E-state index in [0.29, 0.717) is 6.54 Å². The Morgan fingerprint density at radius 3 is 2.62 bits per heavy atom. The third-order valence-electron chi connectivity index (χ3n) is 4.97. The van der Waals surface area contributed by atoms with E-state index in [1.165, 1.54) is 10.4 Å². The fourth-order valence-corrected chi connectivity index (χ4v) is 4.15. The lowest BCUT2D eigenvalue weighted by molar-refractivity contribution is -0.132. The molecule has 1 atom stereocenters. The summed E-state index contributed by atoms with van der Waals surface area (Å²) in [6.07, 6.45) is 2.93. The molecule has 4 rings (SSSR count). The largest absolute Gasteiger partial charge is 0.374 e. The van der Waals surface area contributed by atoms with Crippen LogP contribution in [0.25, 0.3) is 0 Å². The van der Waals surface area contributed by atoms with Gasteiger partial charge in [0.15, 0.2) is 0 Å². The zero-order valence-corrected chi connectivity index (χ0v) is 15.6. The van der Waals surface area contributed by atoms with Crippen molar-refractivity contribution < 1.29 is 9.59 Å². The third-order valence-corrected chi connectivity index (χ3v) is 6.00. The summed E-state index contributed by atoms with van der Waals surface area (Å²) in [5.41, 5.74) is 2.95. The predicted molar refractivity (Wildman–Crippen MR) is 104 cm³/mol. The van der Waals surface area contributed by atoms with Crippen LogP contribution in [0.3, 0.4) is 0 Å². The minimum absolute atomic E-state index is 0.104. The Bertz CT molecular complexity index is 811. The van der Waals surface area contributed by atoms with Gasteiger partial charge in [0.25, 0.3) is 0 Å². The first kappa shape index (κ1) is 17.1. The van der Waals surface area contributed by atoms with Crippen LogP contribution in [0.1, 0.15) is 30.2 Å². The first-order valence-corrected chi connectivity index (χ1v) is 9.99. The molecule has 1 aromatic carbocycles. The van der Waals surface area contributed by atoms with Crippen molar-refractivity contribution in [3.05, 3.63) is 46.2 Å². The number of benzene rings is 1. The normalized spacial score (nSPS) is 17.3. The SMILES string of the molecule is CC(Nc1ccc(NC(=O)C2CC2)cc1)C(=O)N1CCc2sccc2C1. The Morgan fingerprint density at radius 1 is 1.15 bits per heavy atom. The summed E-state index contributed by atoms with van der Waals surface area (Å²) < 4.78 is 0. The molecule has 1 aromatic heterocycles. The van der Waals surface area contributed by atoms with Crippen LogP contribution in [0.2, 0.25) is 0 Å². The summed E-state index contributed by atoms with van der Waals surface area (Å²) in [5.74, 6) is 0.416. The van der Waals surface area contributed by atoms with E-state index in [1.54, 1.807) is 11.3 Å². The first-order valence-electron chi connectivity index (χ1n) is 9.11. The van der Waals surface area contributed by atoms with E-state index in [1.807, 2.05) is 36.1 Å². The number of nitrogens with one attached hydrogen (secondary N) is 2. The summed E-state index contributed by atoms with van der Waals surface area (Å²) in [6.45, 7) is 3.38. The highest BCUT2D eigenvalue weighted by Crippen LogP contribution is 2.30. The molecule has 5 nitrogen and oxygen atoms in total. The second-order valence-electron chi connectivity index (χ2n) is 7.09. The molecule has 2 heterocycles. The average Bonchev–Trinajstić information content (AvgIpc) is 3.40. The van der Waals surface area contributed by atoms with Crippen molar-refractivity contribution in [1.82, 2.24) is 4.90 Å². The van der Waals surface area contributed by atoms with Gasteiger partial charge in [-0.2, -0.15) is 0 Å². The van der Waals surface area contributed by atoms with Gasteiger partial charge in [0.1, 0.15) is 6.04 Å². The van der Waals surface area contributed by atoms with Crippen molar-refractivity contribution in [2.45, 2.75) is 38.8 Å². The Hall–Kier alpha value is -2.34. The van der Waals surface area contributed by atoms with Crippen molar-refractivity contribution >= 4 is 34.5 Å². The quantitative estimate of drug-likeness (QED) is 0.848. The monoisotopic (exact) mass is 369 g/mol. The van der Waals surface area contributed by atoms with E-state index >= 15 is 0 Å². The lowest BCUT2D eigenvalue weighted by atomic mass is 10.1. The summed E-state index contributed by atoms with van der Waals surface area (Å²) >= 11 is 1.78. The standard InChI is InChI=1S/C20H23N3O2S/c1-13(20(25)23-10-8-18-15(12-23)9-11-26-18)21-16-4-6-17(7-5-16)22-19(24)14-2-3-14/h4-7,9,11,13-14,21H,2-3,8,10,12H2,1H3,(H,22,24). The van der Waals surface area contributed by atoms with Gasteiger partial charge >= 0.3 is 0 Å². The molecule has 2 N–H and O–H groups in total. The Balaban J connectivity index is 1.33. The Labute approximate surface area is 157 Å². The molecular formula is C20H23N3O2S. The molecule has 2 aliphatic rings. The van der Waals surface area contributed by atoms with E-state index in [-0.39, 0.29) is 23.8 Å². The van der Waals surface area contributed by atoms with Gasteiger partial charge in [0, 0.05) is 35.3 Å². The predicted octanol–water partition coefficient (Wildman–Crippen LogP) is 3.48. The second kappa shape index (κ2) is 7.11. The maximum Gasteiger partial charge on any atom is 0.245 e. The molecule has 1 fully saturated rings. The van der Waals surface area contributed by atoms with Gasteiger partial charge in [-0.3, -0.25) is 9.59 Å². The molecule has 0 bridgehead atoms. The van der Waals surface area contributed by atoms with E-state index in [9.17, 15) is 9.59 Å². The topological polar surface area (TPSA) is 61.4 Å². The highest BCUT2D eigenvalue weighted by molar-refractivity contribution is 7.10. The average molecular weight is 369 g/mol. The highest BCUT2D eigenvalue weighted by atomic mass is 32.1. The Kier molecular flexibility index (Phi) is 4.68. The van der Waals surface area contributed by atoms with Gasteiger partial charge in [-0.05, 0) is 67.5 Å². The first-order chi connectivity index (χ1) is 12.6. The minimum atomic E-state index is -0.290. The smallest absolute Gasteiger partial charge is 0.245 e. The zero-order valence-electron chi connectivity index (χ0n) is 14.8. The minimum Gasteiger partial charge on any atom is -0.374 e. The molecule has 136 valence electrons. The molecule has 6 heteroatoms. The van der Waals surface area contributed by atoms with Crippen molar-refractivity contribution in [2.75, 3.05) is 17.2 Å². The zero-order chi connectivity index (χ0) is 18.1. The number of hydrogen-bond acceptors (Lipinski definition) is 4. The highest BCUT2D eigenvalue weighted by Gasteiger charge is 2.29. The molecule has 1 aliphatic carbocycles. The summed E-state index contributed by atoms with van der Waals surface area (Å²) in [4.78, 5) is 27.9. The number of amides is 2. The van der Waals surface area contributed by atoms with Gasteiger partial charge in [-0.1, -0.05) is 0 Å². The van der Waals surface area contributed by atoms with E-state index in [0.717, 1.165) is 37.2 Å². The molecule has 0 spiro atoms. The number of carbonyl (C=O) groups excluding carboxylic acids is 2. The fourth-order valence-electron chi connectivity index (χ4n) is 3.26. The molecule has 2 aromatic rings. The van der Waals surface area contributed by atoms with Crippen molar-refractivity contribution in [1.29, 1.82) is 0 Å². The van der Waals surface area contributed by atoms with Gasteiger partial charge < -0.3 is 15.5 Å². The number of hydrogen-bond donors (Lipinski definition) is 2. The fraction of sp³-hybridized carbons (Fsp3) is 0.400. The maximum absolute atomic E-state index is 12.7. The van der Waals surface area contributed by atoms with Gasteiger partial charge in [0.2, 0.25) is 11.8 Å². The van der Waals surface area contributed by atoms with Gasteiger partial charge in [0.05, 0.1) is 0 Å². The van der Waals surface area contributed by atoms with E-state index in [2.05, 4.69) is 22.1 Å². The number of rotatable bonds is 5. The Morgan fingerprint density at radius 2 is 1.88 bits per heavy atom. The molecule has 1 unspecified atom stereocenters. The molecule has 26 heavy (non-hydrogen) atoms. The number of thiophene rings is 1. The number of carbonyl (C=O) groups is 2. The molecule has 0 radical (unpaired) electrons. The second-order valence-corrected chi connectivity index (χ2v) is 8.09. The molecule has 1 aliphatic heterocycles. The lowest BCUT2D eigenvalue weighted by Crippen LogP contribution is -2.43. The van der Waals surface area contributed by atoms with Crippen molar-refractivity contribution in [3.63, 3.8) is 0 Å².